The standard InChI is InChI=1S/C46H34S/c1-46(2,3)40-20-10-19-39-44-38(18-11-21-41(44)47-45(39)40)43-36-16-8-6-14-34(36)42(35-15-7-9-17-37(35)43)31-25-22-30(23-26-31)33-27-24-29-12-4-5-13-32(29)28-33/h4-28H,1-3H3/i4D. The number of benzene rings is 8. The van der Waals surface area contributed by atoms with Gasteiger partial charge in [0.1, 0.15) is 0 Å². The molecule has 0 aliphatic carbocycles. The van der Waals surface area contributed by atoms with E-state index in [1.807, 2.05) is 29.5 Å². The average molecular weight is 620 g/mol. The van der Waals surface area contributed by atoms with Crippen LogP contribution in [0.25, 0.3) is 85.9 Å². The van der Waals surface area contributed by atoms with Gasteiger partial charge < -0.3 is 0 Å². The monoisotopic (exact) mass is 619 g/mol. The van der Waals surface area contributed by atoms with E-state index in [1.54, 1.807) is 0 Å². The summed E-state index contributed by atoms with van der Waals surface area (Å²) < 4.78 is 10.7. The van der Waals surface area contributed by atoms with Crippen molar-refractivity contribution < 1.29 is 1.37 Å². The summed E-state index contributed by atoms with van der Waals surface area (Å²) in [4.78, 5) is 0. The summed E-state index contributed by atoms with van der Waals surface area (Å²) in [7, 11) is 0. The second-order valence-corrected chi connectivity index (χ2v) is 14.7. The molecule has 1 heterocycles. The first kappa shape index (κ1) is 26.9. The van der Waals surface area contributed by atoms with Gasteiger partial charge in [0.2, 0.25) is 0 Å². The third-order valence-electron chi connectivity index (χ3n) is 9.72. The highest BCUT2D eigenvalue weighted by Gasteiger charge is 2.23. The molecule has 0 N–H and O–H groups in total. The second kappa shape index (κ2) is 10.7. The zero-order valence-electron chi connectivity index (χ0n) is 27.8. The molecule has 0 nitrogen and oxygen atoms in total. The van der Waals surface area contributed by atoms with Crippen molar-refractivity contribution >= 4 is 63.8 Å². The summed E-state index contributed by atoms with van der Waals surface area (Å²) in [5.41, 5.74) is 8.94. The van der Waals surface area contributed by atoms with E-state index in [2.05, 4.69) is 148 Å². The smallest absolute Gasteiger partial charge is 0.0623 e. The summed E-state index contributed by atoms with van der Waals surface area (Å²) in [6.07, 6.45) is 0. The van der Waals surface area contributed by atoms with Crippen molar-refractivity contribution in [1.82, 2.24) is 0 Å². The van der Waals surface area contributed by atoms with Crippen LogP contribution in [0.3, 0.4) is 0 Å². The van der Waals surface area contributed by atoms with Crippen molar-refractivity contribution in [1.29, 1.82) is 0 Å². The number of hydrogen-bond acceptors (Lipinski definition) is 1. The zero-order chi connectivity index (χ0) is 32.6. The van der Waals surface area contributed by atoms with Crippen LogP contribution in [0.4, 0.5) is 0 Å². The van der Waals surface area contributed by atoms with E-state index in [0.717, 1.165) is 10.8 Å². The molecule has 0 saturated carbocycles. The van der Waals surface area contributed by atoms with E-state index < -0.39 is 0 Å². The van der Waals surface area contributed by atoms with Crippen LogP contribution < -0.4 is 0 Å². The predicted molar refractivity (Wildman–Crippen MR) is 207 cm³/mol. The molecule has 47 heavy (non-hydrogen) atoms. The predicted octanol–water partition coefficient (Wildman–Crippen LogP) is 13.8. The quantitative estimate of drug-likeness (QED) is 0.173. The Bertz CT molecular complexity index is 2650. The van der Waals surface area contributed by atoms with Crippen LogP contribution in [0.1, 0.15) is 27.7 Å². The average Bonchev–Trinajstić information content (AvgIpc) is 3.49. The van der Waals surface area contributed by atoms with Crippen molar-refractivity contribution in [3.63, 3.8) is 0 Å². The number of fused-ring (bicyclic) bond motifs is 6. The fourth-order valence-corrected chi connectivity index (χ4v) is 8.96. The molecule has 1 heteroatoms. The van der Waals surface area contributed by atoms with Gasteiger partial charge in [-0.2, -0.15) is 0 Å². The number of thiophene rings is 1. The molecule has 0 bridgehead atoms. The van der Waals surface area contributed by atoms with Crippen molar-refractivity contribution in [2.24, 2.45) is 0 Å². The van der Waals surface area contributed by atoms with E-state index in [0.29, 0.717) is 6.04 Å². The van der Waals surface area contributed by atoms with E-state index in [1.165, 1.54) is 80.7 Å². The topological polar surface area (TPSA) is 0 Å². The molecule has 8 aromatic carbocycles. The molecule has 224 valence electrons. The van der Waals surface area contributed by atoms with E-state index >= 15 is 0 Å². The van der Waals surface area contributed by atoms with E-state index in [-0.39, 0.29) is 5.41 Å². The van der Waals surface area contributed by atoms with Crippen molar-refractivity contribution in [3.05, 3.63) is 157 Å². The molecule has 0 unspecified atom stereocenters. The first-order valence-electron chi connectivity index (χ1n) is 16.8. The Morgan fingerprint density at radius 1 is 0.489 bits per heavy atom. The molecule has 0 fully saturated rings. The van der Waals surface area contributed by atoms with Crippen molar-refractivity contribution in [3.8, 4) is 33.4 Å². The zero-order valence-corrected chi connectivity index (χ0v) is 27.6. The normalized spacial score (nSPS) is 12.4. The van der Waals surface area contributed by atoms with Gasteiger partial charge in [-0.25, -0.2) is 0 Å². The van der Waals surface area contributed by atoms with Gasteiger partial charge >= 0.3 is 0 Å². The van der Waals surface area contributed by atoms with Gasteiger partial charge in [0.05, 0.1) is 1.37 Å². The van der Waals surface area contributed by atoms with Crippen molar-refractivity contribution in [2.75, 3.05) is 0 Å². The molecule has 0 spiro atoms. The molecular formula is C46H34S. The maximum absolute atomic E-state index is 7.97. The van der Waals surface area contributed by atoms with Crippen LogP contribution >= 0.6 is 11.3 Å². The van der Waals surface area contributed by atoms with Crippen LogP contribution in [0.2, 0.25) is 0 Å². The third kappa shape index (κ3) is 4.49. The summed E-state index contributed by atoms with van der Waals surface area (Å²) >= 11 is 1.93. The van der Waals surface area contributed by atoms with Crippen LogP contribution in [-0.2, 0) is 5.41 Å². The molecule has 0 aliphatic rings. The van der Waals surface area contributed by atoms with Crippen molar-refractivity contribution in [2.45, 2.75) is 26.2 Å². The summed E-state index contributed by atoms with van der Waals surface area (Å²) in [5, 5.41) is 10.0. The molecule has 1 aromatic heterocycles. The maximum atomic E-state index is 7.97. The van der Waals surface area contributed by atoms with Crippen LogP contribution in [0.5, 0.6) is 0 Å². The molecule has 9 rings (SSSR count). The highest BCUT2D eigenvalue weighted by Crippen LogP contribution is 2.49. The lowest BCUT2D eigenvalue weighted by molar-refractivity contribution is 0.597. The van der Waals surface area contributed by atoms with Gasteiger partial charge in [0, 0.05) is 20.2 Å². The fraction of sp³-hybridized carbons (Fsp3) is 0.0870. The lowest BCUT2D eigenvalue weighted by Crippen LogP contribution is -2.10. The minimum atomic E-state index is 0.0672. The highest BCUT2D eigenvalue weighted by molar-refractivity contribution is 7.26. The summed E-state index contributed by atoms with van der Waals surface area (Å²) in [6.45, 7) is 6.95. The Hall–Kier alpha value is -5.24. The second-order valence-electron chi connectivity index (χ2n) is 13.6. The van der Waals surface area contributed by atoms with Gasteiger partial charge in [-0.15, -0.1) is 11.3 Å². The summed E-state index contributed by atoms with van der Waals surface area (Å²) in [5.74, 6) is 0. The van der Waals surface area contributed by atoms with E-state index in [4.69, 9.17) is 1.37 Å². The minimum Gasteiger partial charge on any atom is -0.135 e. The largest absolute Gasteiger partial charge is 0.135 e. The lowest BCUT2D eigenvalue weighted by Gasteiger charge is -2.20. The maximum Gasteiger partial charge on any atom is 0.0623 e. The molecular weight excluding hydrogens is 585 g/mol. The highest BCUT2D eigenvalue weighted by atomic mass is 32.1. The van der Waals surface area contributed by atoms with Gasteiger partial charge in [-0.3, -0.25) is 0 Å². The Morgan fingerprint density at radius 3 is 1.81 bits per heavy atom. The molecule has 0 saturated heterocycles. The van der Waals surface area contributed by atoms with Gasteiger partial charge in [-0.05, 0) is 88.8 Å². The first-order valence-corrected chi connectivity index (χ1v) is 17.2. The van der Waals surface area contributed by atoms with Crippen LogP contribution in [0, 0.1) is 0 Å². The Balaban J connectivity index is 1.27. The lowest BCUT2D eigenvalue weighted by atomic mass is 9.84. The van der Waals surface area contributed by atoms with Crippen LogP contribution in [-0.4, -0.2) is 0 Å². The molecule has 0 radical (unpaired) electrons. The van der Waals surface area contributed by atoms with Gasteiger partial charge in [0.25, 0.3) is 0 Å². The van der Waals surface area contributed by atoms with E-state index in [9.17, 15) is 0 Å². The SMILES string of the molecule is [2H]c1ccc2cc(-c3ccc(-c4c5ccccc5c(-c5cccc6sc7c(C(C)(C)C)cccc7c56)c5ccccc45)cc3)ccc2c1. The fourth-order valence-electron chi connectivity index (χ4n) is 7.51. The number of rotatable bonds is 3. The minimum absolute atomic E-state index is 0.0672. The Labute approximate surface area is 281 Å². The number of hydrogen-bond donors (Lipinski definition) is 0. The molecule has 0 atom stereocenters. The Kier molecular flexibility index (Phi) is 6.11. The summed E-state index contributed by atoms with van der Waals surface area (Å²) in [6, 6.07) is 53.5. The molecule has 0 aliphatic heterocycles. The molecule has 9 aromatic rings. The first-order chi connectivity index (χ1) is 23.3. The van der Waals surface area contributed by atoms with Gasteiger partial charge in [-0.1, -0.05) is 160 Å². The van der Waals surface area contributed by atoms with Gasteiger partial charge in [0.15, 0.2) is 0 Å². The van der Waals surface area contributed by atoms with Crippen LogP contribution in [0.15, 0.2) is 152 Å². The molecule has 0 amide bonds. The third-order valence-corrected chi connectivity index (χ3v) is 10.9. The Morgan fingerprint density at radius 2 is 1.11 bits per heavy atom.